The minimum atomic E-state index is 0.657. The molecule has 0 unspecified atom stereocenters. The van der Waals surface area contributed by atoms with Crippen molar-refractivity contribution < 1.29 is 0 Å². The third-order valence-corrected chi connectivity index (χ3v) is 0.948. The number of hydrogen-bond acceptors (Lipinski definition) is 2. The van der Waals surface area contributed by atoms with Crippen LogP contribution in [-0.4, -0.2) is 19.6 Å². The molecule has 8 heavy (non-hydrogen) atoms. The van der Waals surface area contributed by atoms with Crippen molar-refractivity contribution in [1.82, 2.24) is 19.6 Å². The van der Waals surface area contributed by atoms with E-state index >= 15 is 0 Å². The zero-order valence-electron chi connectivity index (χ0n) is 4.00. The first-order valence-electron chi connectivity index (χ1n) is 2.22. The Labute approximate surface area is 45.2 Å². The van der Waals surface area contributed by atoms with Gasteiger partial charge in [0.05, 0.1) is 0 Å². The Morgan fingerprint density at radius 3 is 3.62 bits per heavy atom. The number of hydrogen-bond donors (Lipinski definition) is 1. The Balaban J connectivity index is 3.06. The first kappa shape index (κ1) is 3.65. The van der Waals surface area contributed by atoms with E-state index in [0.717, 1.165) is 0 Å². The van der Waals surface area contributed by atoms with Gasteiger partial charge in [0.25, 0.3) is 5.78 Å². The summed E-state index contributed by atoms with van der Waals surface area (Å²) in [5, 5.41) is 2.72. The van der Waals surface area contributed by atoms with Crippen molar-refractivity contribution in [2.45, 2.75) is 0 Å². The molecule has 2 heterocycles. The highest BCUT2D eigenvalue weighted by Gasteiger charge is 1.89. The maximum Gasteiger partial charge on any atom is 0.250 e. The van der Waals surface area contributed by atoms with Gasteiger partial charge in [-0.1, -0.05) is 0 Å². The average Bonchev–Trinajstić information content (AvgIpc) is 2.15. The summed E-state index contributed by atoms with van der Waals surface area (Å²) in [5.74, 6) is 0.657. The van der Waals surface area contributed by atoms with Crippen LogP contribution in [0.2, 0.25) is 0 Å². The molecular weight excluding hydrogens is 104 g/mol. The molecule has 0 aliphatic carbocycles. The van der Waals surface area contributed by atoms with Crippen LogP contribution in [0, 0.1) is 6.33 Å². The van der Waals surface area contributed by atoms with Crippen molar-refractivity contribution in [3.8, 4) is 0 Å². The lowest BCUT2D eigenvalue weighted by Crippen LogP contribution is -1.76. The van der Waals surface area contributed by atoms with Crippen molar-refractivity contribution in [1.29, 1.82) is 0 Å². The number of aromatic nitrogens is 4. The van der Waals surface area contributed by atoms with Crippen LogP contribution in [0.15, 0.2) is 12.4 Å². The number of H-pyrrole nitrogens is 1. The summed E-state index contributed by atoms with van der Waals surface area (Å²) in [6.45, 7) is 0. The molecule has 0 fully saturated rings. The summed E-state index contributed by atoms with van der Waals surface area (Å²) >= 11 is 0. The van der Waals surface area contributed by atoms with E-state index in [-0.39, 0.29) is 0 Å². The summed E-state index contributed by atoms with van der Waals surface area (Å²) in [7, 11) is 0. The van der Waals surface area contributed by atoms with Gasteiger partial charge in [0, 0.05) is 12.4 Å². The predicted octanol–water partition coefficient (Wildman–Crippen LogP) is -0.142. The monoisotopic (exact) mass is 107 g/mol. The summed E-state index contributed by atoms with van der Waals surface area (Å²) in [5.41, 5.74) is 0. The van der Waals surface area contributed by atoms with E-state index in [9.17, 15) is 0 Å². The van der Waals surface area contributed by atoms with Crippen LogP contribution in [0.4, 0.5) is 0 Å². The van der Waals surface area contributed by atoms with Crippen molar-refractivity contribution in [2.24, 2.45) is 0 Å². The van der Waals surface area contributed by atoms with Gasteiger partial charge < -0.3 is 0 Å². The van der Waals surface area contributed by atoms with Gasteiger partial charge in [-0.05, 0) is 0 Å². The highest BCUT2D eigenvalue weighted by atomic mass is 15.3. The minimum absolute atomic E-state index is 0.657. The highest BCUT2D eigenvalue weighted by molar-refractivity contribution is 5.22. The molecule has 4 heteroatoms. The molecule has 0 amide bonds. The normalized spacial score (nSPS) is 10.5. The van der Waals surface area contributed by atoms with E-state index in [1.807, 2.05) is 0 Å². The molecule has 0 aliphatic rings. The van der Waals surface area contributed by atoms with Crippen molar-refractivity contribution >= 4 is 5.78 Å². The van der Waals surface area contributed by atoms with Crippen molar-refractivity contribution in [2.75, 3.05) is 0 Å². The van der Waals surface area contributed by atoms with Gasteiger partial charge in [-0.25, -0.2) is 9.50 Å². The van der Waals surface area contributed by atoms with Crippen LogP contribution in [-0.2, 0) is 0 Å². The molecule has 1 radical (unpaired) electrons. The van der Waals surface area contributed by atoms with Gasteiger partial charge in [-0.2, -0.15) is 4.98 Å². The zero-order valence-corrected chi connectivity index (χ0v) is 4.00. The Hall–Kier alpha value is -1.32. The summed E-state index contributed by atoms with van der Waals surface area (Å²) < 4.78 is 1.68. The molecule has 0 saturated heterocycles. The Bertz CT molecular complexity index is 229. The predicted molar refractivity (Wildman–Crippen MR) is 26.2 cm³/mol. The number of nitrogens with zero attached hydrogens (tertiary/aromatic N) is 3. The molecule has 0 atom stereocenters. The zero-order chi connectivity index (χ0) is 5.40. The van der Waals surface area contributed by atoms with Crippen LogP contribution in [0.1, 0.15) is 0 Å². The van der Waals surface area contributed by atoms with Gasteiger partial charge in [0.2, 0.25) is 0 Å². The quantitative estimate of drug-likeness (QED) is 0.509. The Kier molecular flexibility index (Phi) is 0.498. The third-order valence-electron chi connectivity index (χ3n) is 0.948. The number of fused-ring (bicyclic) bond motifs is 1. The number of nitrogens with one attached hydrogen (secondary N) is 1. The first-order valence-corrected chi connectivity index (χ1v) is 2.22. The SMILES string of the molecule is [c]1nc2nccn2[nH]1. The molecule has 0 spiro atoms. The van der Waals surface area contributed by atoms with E-state index in [0.29, 0.717) is 5.78 Å². The van der Waals surface area contributed by atoms with E-state index < -0.39 is 0 Å². The van der Waals surface area contributed by atoms with Crippen LogP contribution in [0.3, 0.4) is 0 Å². The van der Waals surface area contributed by atoms with E-state index in [1.54, 1.807) is 16.9 Å². The lowest BCUT2D eigenvalue weighted by atomic mass is 11.0. The molecule has 4 nitrogen and oxygen atoms in total. The molecule has 1 N–H and O–H groups in total. The fourth-order valence-corrected chi connectivity index (χ4v) is 0.594. The molecule has 2 rings (SSSR count). The van der Waals surface area contributed by atoms with Crippen LogP contribution < -0.4 is 0 Å². The van der Waals surface area contributed by atoms with Gasteiger partial charge >= 0.3 is 0 Å². The topological polar surface area (TPSA) is 46.0 Å². The fourth-order valence-electron chi connectivity index (χ4n) is 0.594. The van der Waals surface area contributed by atoms with Crippen LogP contribution in [0.25, 0.3) is 5.78 Å². The number of imidazole rings is 1. The maximum atomic E-state index is 3.87. The van der Waals surface area contributed by atoms with Gasteiger partial charge in [-0.15, -0.1) is 0 Å². The number of aromatic amines is 1. The molecule has 0 bridgehead atoms. The lowest BCUT2D eigenvalue weighted by molar-refractivity contribution is 0.968. The Morgan fingerprint density at radius 1 is 1.75 bits per heavy atom. The van der Waals surface area contributed by atoms with Gasteiger partial charge in [0.15, 0.2) is 6.33 Å². The second kappa shape index (κ2) is 1.09. The number of rotatable bonds is 0. The maximum absolute atomic E-state index is 3.87. The smallest absolute Gasteiger partial charge is 0.250 e. The van der Waals surface area contributed by atoms with E-state index in [2.05, 4.69) is 21.4 Å². The lowest BCUT2D eigenvalue weighted by Gasteiger charge is -1.71. The Morgan fingerprint density at radius 2 is 2.75 bits per heavy atom. The average molecular weight is 107 g/mol. The van der Waals surface area contributed by atoms with Crippen molar-refractivity contribution in [3.05, 3.63) is 18.7 Å². The molecule has 2 aromatic heterocycles. The molecule has 2 aromatic rings. The second-order valence-electron chi connectivity index (χ2n) is 1.43. The van der Waals surface area contributed by atoms with Crippen LogP contribution in [0.5, 0.6) is 0 Å². The van der Waals surface area contributed by atoms with Crippen molar-refractivity contribution in [3.63, 3.8) is 0 Å². The van der Waals surface area contributed by atoms with E-state index in [4.69, 9.17) is 0 Å². The largest absolute Gasteiger partial charge is 0.272 e. The molecule has 0 aliphatic heterocycles. The minimum Gasteiger partial charge on any atom is -0.272 e. The fraction of sp³-hybridized carbons (Fsp3) is 0. The summed E-state index contributed by atoms with van der Waals surface area (Å²) in [6, 6.07) is 0. The first-order chi connectivity index (χ1) is 3.97. The second-order valence-corrected chi connectivity index (χ2v) is 1.43. The van der Waals surface area contributed by atoms with E-state index in [1.165, 1.54) is 0 Å². The standard InChI is InChI=1S/C4H3N4/c1-2-8-4(5-1)6-3-7-8/h1-2H,(H,5,6,7). The molecule has 39 valence electrons. The van der Waals surface area contributed by atoms with Crippen LogP contribution >= 0.6 is 0 Å². The molecular formula is C4H3N4. The third kappa shape index (κ3) is 0.294. The molecule has 0 aromatic carbocycles. The molecule has 0 saturated carbocycles. The van der Waals surface area contributed by atoms with Gasteiger partial charge in [-0.3, -0.25) is 5.10 Å². The summed E-state index contributed by atoms with van der Waals surface area (Å²) in [6.07, 6.45) is 5.99. The summed E-state index contributed by atoms with van der Waals surface area (Å²) in [4.78, 5) is 7.62. The highest BCUT2D eigenvalue weighted by Crippen LogP contribution is 1.88. The van der Waals surface area contributed by atoms with Gasteiger partial charge in [0.1, 0.15) is 0 Å².